The zero-order valence-corrected chi connectivity index (χ0v) is 15.0. The van der Waals surface area contributed by atoms with Crippen molar-refractivity contribution >= 4 is 27.6 Å². The number of carbonyl (C=O) groups excluding carboxylic acids is 1. The molecule has 26 heavy (non-hydrogen) atoms. The van der Waals surface area contributed by atoms with Crippen molar-refractivity contribution in [3.63, 3.8) is 0 Å². The number of nitrogens with one attached hydrogen (secondary N) is 1. The average Bonchev–Trinajstić information content (AvgIpc) is 3.05. The molecule has 1 saturated heterocycles. The number of carbonyl (C=O) groups is 1. The quantitative estimate of drug-likeness (QED) is 0.778. The fourth-order valence-corrected chi connectivity index (χ4v) is 2.79. The molecule has 1 N–H and O–H groups in total. The summed E-state index contributed by atoms with van der Waals surface area (Å²) in [5.41, 5.74) is -0.450. The number of halogens is 4. The summed E-state index contributed by atoms with van der Waals surface area (Å²) in [6.45, 7) is 0.873. The van der Waals surface area contributed by atoms with Gasteiger partial charge >= 0.3 is 12.2 Å². The highest BCUT2D eigenvalue weighted by molar-refractivity contribution is 9.10. The molecule has 0 saturated carbocycles. The summed E-state index contributed by atoms with van der Waals surface area (Å²) in [6.07, 6.45) is -2.30. The molecule has 3 rings (SSSR count). The van der Waals surface area contributed by atoms with Crippen LogP contribution < -0.4 is 10.1 Å². The van der Waals surface area contributed by atoms with Gasteiger partial charge in [-0.3, -0.25) is 0 Å². The number of amides is 2. The van der Waals surface area contributed by atoms with E-state index >= 15 is 0 Å². The van der Waals surface area contributed by atoms with Crippen molar-refractivity contribution < 1.29 is 22.7 Å². The van der Waals surface area contributed by atoms with Gasteiger partial charge in [0, 0.05) is 35.4 Å². The SMILES string of the molecule is O=C(Nc1ccc(C(F)(F)F)cc1)N1CCC(Oc2ccc(Br)cn2)C1. The fourth-order valence-electron chi connectivity index (χ4n) is 2.56. The van der Waals surface area contributed by atoms with Crippen molar-refractivity contribution in [2.75, 3.05) is 18.4 Å². The van der Waals surface area contributed by atoms with Crippen molar-refractivity contribution in [2.24, 2.45) is 0 Å². The number of likely N-dealkylation sites (tertiary alicyclic amines) is 1. The minimum atomic E-state index is -4.40. The first kappa shape index (κ1) is 18.5. The summed E-state index contributed by atoms with van der Waals surface area (Å²) in [6, 6.07) is 7.50. The van der Waals surface area contributed by atoms with E-state index in [1.54, 1.807) is 17.2 Å². The van der Waals surface area contributed by atoms with Crippen LogP contribution in [0.1, 0.15) is 12.0 Å². The molecule has 1 aliphatic heterocycles. The van der Waals surface area contributed by atoms with Crippen LogP contribution in [0, 0.1) is 0 Å². The van der Waals surface area contributed by atoms with Gasteiger partial charge in [0.15, 0.2) is 0 Å². The number of pyridine rings is 1. The van der Waals surface area contributed by atoms with Crippen LogP contribution in [0.15, 0.2) is 47.1 Å². The van der Waals surface area contributed by atoms with Gasteiger partial charge in [-0.25, -0.2) is 9.78 Å². The monoisotopic (exact) mass is 429 g/mol. The smallest absolute Gasteiger partial charge is 0.416 e. The van der Waals surface area contributed by atoms with Gasteiger partial charge < -0.3 is 15.0 Å². The molecule has 1 fully saturated rings. The third kappa shape index (κ3) is 4.66. The Kier molecular flexibility index (Phi) is 5.36. The lowest BCUT2D eigenvalue weighted by Crippen LogP contribution is -2.34. The minimum absolute atomic E-state index is 0.179. The lowest BCUT2D eigenvalue weighted by Gasteiger charge is -2.18. The van der Waals surface area contributed by atoms with E-state index in [4.69, 9.17) is 4.74 Å². The predicted octanol–water partition coefficient (Wildman–Crippen LogP) is 4.55. The largest absolute Gasteiger partial charge is 0.472 e. The van der Waals surface area contributed by atoms with Crippen LogP contribution in [0.25, 0.3) is 0 Å². The number of urea groups is 1. The Labute approximate surface area is 156 Å². The molecule has 1 atom stereocenters. The van der Waals surface area contributed by atoms with Crippen LogP contribution in [0.5, 0.6) is 5.88 Å². The Morgan fingerprint density at radius 1 is 1.23 bits per heavy atom. The second-order valence-electron chi connectivity index (χ2n) is 5.79. The van der Waals surface area contributed by atoms with E-state index in [1.165, 1.54) is 12.1 Å². The Bertz CT molecular complexity index is 766. The maximum Gasteiger partial charge on any atom is 0.416 e. The van der Waals surface area contributed by atoms with Crippen LogP contribution in [0.2, 0.25) is 0 Å². The summed E-state index contributed by atoms with van der Waals surface area (Å²) >= 11 is 3.29. The van der Waals surface area contributed by atoms with E-state index in [0.717, 1.165) is 16.6 Å². The van der Waals surface area contributed by atoms with Crippen LogP contribution >= 0.6 is 15.9 Å². The van der Waals surface area contributed by atoms with Gasteiger partial charge in [0.2, 0.25) is 5.88 Å². The van der Waals surface area contributed by atoms with Crippen molar-refractivity contribution in [1.29, 1.82) is 0 Å². The van der Waals surface area contributed by atoms with Crippen LogP contribution in [-0.4, -0.2) is 35.1 Å². The second-order valence-corrected chi connectivity index (χ2v) is 6.71. The standard InChI is InChI=1S/C17H15BrF3N3O2/c18-12-3-6-15(22-9-12)26-14-7-8-24(10-14)16(25)23-13-4-1-11(2-5-13)17(19,20)21/h1-6,9,14H,7-8,10H2,(H,23,25). The minimum Gasteiger partial charge on any atom is -0.472 e. The molecule has 0 radical (unpaired) electrons. The first-order chi connectivity index (χ1) is 12.3. The highest BCUT2D eigenvalue weighted by Gasteiger charge is 2.30. The molecule has 5 nitrogen and oxygen atoms in total. The molecule has 1 aromatic heterocycles. The average molecular weight is 430 g/mol. The number of benzene rings is 1. The van der Waals surface area contributed by atoms with Crippen molar-refractivity contribution in [3.8, 4) is 5.88 Å². The van der Waals surface area contributed by atoms with Gasteiger partial charge in [-0.1, -0.05) is 0 Å². The van der Waals surface area contributed by atoms with Gasteiger partial charge in [0.1, 0.15) is 6.10 Å². The number of hydrogen-bond acceptors (Lipinski definition) is 3. The lowest BCUT2D eigenvalue weighted by atomic mass is 10.2. The maximum atomic E-state index is 12.6. The first-order valence-electron chi connectivity index (χ1n) is 7.82. The van der Waals surface area contributed by atoms with Gasteiger partial charge in [-0.15, -0.1) is 0 Å². The highest BCUT2D eigenvalue weighted by atomic mass is 79.9. The van der Waals surface area contributed by atoms with Crippen molar-refractivity contribution in [2.45, 2.75) is 18.7 Å². The lowest BCUT2D eigenvalue weighted by molar-refractivity contribution is -0.137. The molecule has 1 unspecified atom stereocenters. The van der Waals surface area contributed by atoms with Crippen molar-refractivity contribution in [3.05, 3.63) is 52.6 Å². The summed E-state index contributed by atoms with van der Waals surface area (Å²) in [4.78, 5) is 17.9. The Morgan fingerprint density at radius 3 is 2.58 bits per heavy atom. The number of ether oxygens (including phenoxy) is 1. The molecule has 0 bridgehead atoms. The normalized spacial score (nSPS) is 17.2. The Balaban J connectivity index is 1.53. The molecule has 2 amide bonds. The maximum absolute atomic E-state index is 12.6. The van der Waals surface area contributed by atoms with E-state index in [0.29, 0.717) is 31.1 Å². The summed E-state index contributed by atoms with van der Waals surface area (Å²) in [5.74, 6) is 0.475. The number of hydrogen-bond donors (Lipinski definition) is 1. The molecular weight excluding hydrogens is 415 g/mol. The number of alkyl halides is 3. The van der Waals surface area contributed by atoms with Gasteiger partial charge in [0.25, 0.3) is 0 Å². The molecule has 0 aliphatic carbocycles. The molecule has 1 aliphatic rings. The third-order valence-electron chi connectivity index (χ3n) is 3.88. The molecule has 9 heteroatoms. The predicted molar refractivity (Wildman–Crippen MR) is 93.0 cm³/mol. The zero-order valence-electron chi connectivity index (χ0n) is 13.5. The molecule has 1 aromatic carbocycles. The van der Waals surface area contributed by atoms with Gasteiger partial charge in [-0.2, -0.15) is 13.2 Å². The first-order valence-corrected chi connectivity index (χ1v) is 8.62. The third-order valence-corrected chi connectivity index (χ3v) is 4.35. The van der Waals surface area contributed by atoms with E-state index in [2.05, 4.69) is 26.2 Å². The van der Waals surface area contributed by atoms with Crippen LogP contribution in [-0.2, 0) is 6.18 Å². The van der Waals surface area contributed by atoms with E-state index in [-0.39, 0.29) is 12.1 Å². The summed E-state index contributed by atoms with van der Waals surface area (Å²) in [7, 11) is 0. The zero-order chi connectivity index (χ0) is 18.7. The van der Waals surface area contributed by atoms with E-state index in [1.807, 2.05) is 6.07 Å². The number of rotatable bonds is 3. The second kappa shape index (κ2) is 7.53. The number of aromatic nitrogens is 1. The molecular formula is C17H15BrF3N3O2. The Morgan fingerprint density at radius 2 is 1.96 bits per heavy atom. The summed E-state index contributed by atoms with van der Waals surface area (Å²) < 4.78 is 44.2. The molecule has 2 heterocycles. The molecule has 2 aromatic rings. The van der Waals surface area contributed by atoms with Crippen LogP contribution in [0.4, 0.5) is 23.7 Å². The van der Waals surface area contributed by atoms with Gasteiger partial charge in [0.05, 0.1) is 12.1 Å². The number of nitrogens with zero attached hydrogens (tertiary/aromatic N) is 2. The fraction of sp³-hybridized carbons (Fsp3) is 0.294. The van der Waals surface area contributed by atoms with Crippen LogP contribution in [0.3, 0.4) is 0 Å². The van der Waals surface area contributed by atoms with E-state index in [9.17, 15) is 18.0 Å². The van der Waals surface area contributed by atoms with Crippen molar-refractivity contribution in [1.82, 2.24) is 9.88 Å². The van der Waals surface area contributed by atoms with E-state index < -0.39 is 11.7 Å². The van der Waals surface area contributed by atoms with Gasteiger partial charge in [-0.05, 0) is 46.3 Å². The summed E-state index contributed by atoms with van der Waals surface area (Å²) in [5, 5.41) is 2.60. The topological polar surface area (TPSA) is 54.5 Å². The number of anilines is 1. The molecule has 0 spiro atoms. The Hall–Kier alpha value is -2.29. The molecule has 138 valence electrons. The highest BCUT2D eigenvalue weighted by Crippen LogP contribution is 2.30.